The molecular formula is C12H15N. The molecule has 0 N–H and O–H groups in total. The Kier molecular flexibility index (Phi) is 4.05. The van der Waals surface area contributed by atoms with E-state index in [0.29, 0.717) is 0 Å². The van der Waals surface area contributed by atoms with Crippen molar-refractivity contribution in [3.05, 3.63) is 35.9 Å². The molecule has 1 nitrogen and oxygen atoms in total. The molecule has 0 bridgehead atoms. The fourth-order valence-electron chi connectivity index (χ4n) is 1.40. The van der Waals surface area contributed by atoms with Crippen LogP contribution in [0.5, 0.6) is 0 Å². The second kappa shape index (κ2) is 5.37. The summed E-state index contributed by atoms with van der Waals surface area (Å²) in [4.78, 5) is 0. The van der Waals surface area contributed by atoms with Gasteiger partial charge in [0.1, 0.15) is 0 Å². The summed E-state index contributed by atoms with van der Waals surface area (Å²) in [6, 6.07) is 12.4. The molecule has 68 valence electrons. The Morgan fingerprint density at radius 3 is 2.54 bits per heavy atom. The highest BCUT2D eigenvalue weighted by Crippen LogP contribution is 2.20. The Morgan fingerprint density at radius 1 is 1.31 bits per heavy atom. The Bertz CT molecular complexity index is 271. The Morgan fingerprint density at radius 2 is 2.00 bits per heavy atom. The van der Waals surface area contributed by atoms with Crippen molar-refractivity contribution in [1.29, 1.82) is 5.26 Å². The quantitative estimate of drug-likeness (QED) is 0.683. The molecule has 0 fully saturated rings. The van der Waals surface area contributed by atoms with Crippen LogP contribution in [-0.4, -0.2) is 0 Å². The van der Waals surface area contributed by atoms with E-state index in [-0.39, 0.29) is 5.92 Å². The predicted molar refractivity (Wildman–Crippen MR) is 54.3 cm³/mol. The summed E-state index contributed by atoms with van der Waals surface area (Å²) in [5.41, 5.74) is 1.15. The zero-order valence-electron chi connectivity index (χ0n) is 8.03. The number of hydrogen-bond donors (Lipinski definition) is 0. The number of benzene rings is 1. The molecule has 1 atom stereocenters. The van der Waals surface area contributed by atoms with Crippen molar-refractivity contribution >= 4 is 0 Å². The van der Waals surface area contributed by atoms with Crippen LogP contribution >= 0.6 is 0 Å². The van der Waals surface area contributed by atoms with Crippen molar-refractivity contribution in [2.24, 2.45) is 0 Å². The summed E-state index contributed by atoms with van der Waals surface area (Å²) in [6.07, 6.45) is 3.27. The molecule has 0 spiro atoms. The second-order valence-corrected chi connectivity index (χ2v) is 3.23. The van der Waals surface area contributed by atoms with E-state index in [9.17, 15) is 0 Å². The van der Waals surface area contributed by atoms with Crippen LogP contribution in [0.1, 0.15) is 37.7 Å². The Labute approximate surface area is 80.0 Å². The van der Waals surface area contributed by atoms with Crippen LogP contribution < -0.4 is 0 Å². The van der Waals surface area contributed by atoms with Gasteiger partial charge >= 0.3 is 0 Å². The van der Waals surface area contributed by atoms with E-state index >= 15 is 0 Å². The van der Waals surface area contributed by atoms with Gasteiger partial charge in [-0.15, -0.1) is 0 Å². The fourth-order valence-corrected chi connectivity index (χ4v) is 1.40. The van der Waals surface area contributed by atoms with Crippen LogP contribution in [-0.2, 0) is 0 Å². The van der Waals surface area contributed by atoms with E-state index in [1.54, 1.807) is 0 Å². The minimum Gasteiger partial charge on any atom is -0.198 e. The number of unbranched alkanes of at least 4 members (excludes halogenated alkanes) is 1. The van der Waals surface area contributed by atoms with Gasteiger partial charge in [-0.1, -0.05) is 50.1 Å². The number of nitriles is 1. The minimum absolute atomic E-state index is 0.0844. The molecule has 13 heavy (non-hydrogen) atoms. The highest BCUT2D eigenvalue weighted by molar-refractivity contribution is 5.24. The van der Waals surface area contributed by atoms with Crippen LogP contribution in [0, 0.1) is 11.3 Å². The molecule has 0 saturated carbocycles. The molecule has 0 aliphatic heterocycles. The summed E-state index contributed by atoms with van der Waals surface area (Å²) in [5, 5.41) is 8.96. The molecule has 1 unspecified atom stereocenters. The molecule has 1 aromatic rings. The number of nitrogens with zero attached hydrogens (tertiary/aromatic N) is 1. The molecule has 0 aliphatic carbocycles. The maximum atomic E-state index is 8.96. The van der Waals surface area contributed by atoms with Gasteiger partial charge in [-0.3, -0.25) is 0 Å². The first-order chi connectivity index (χ1) is 6.38. The van der Waals surface area contributed by atoms with Crippen LogP contribution in [0.2, 0.25) is 0 Å². The smallest absolute Gasteiger partial charge is 0.0712 e. The van der Waals surface area contributed by atoms with Crippen molar-refractivity contribution in [3.8, 4) is 6.07 Å². The molecule has 0 saturated heterocycles. The Hall–Kier alpha value is -1.29. The molecule has 0 aliphatic rings. The molecule has 0 heterocycles. The first-order valence-corrected chi connectivity index (χ1v) is 4.83. The van der Waals surface area contributed by atoms with Gasteiger partial charge in [0.05, 0.1) is 12.0 Å². The third-order valence-electron chi connectivity index (χ3n) is 2.20. The van der Waals surface area contributed by atoms with Crippen molar-refractivity contribution in [2.75, 3.05) is 0 Å². The summed E-state index contributed by atoms with van der Waals surface area (Å²) >= 11 is 0. The third-order valence-corrected chi connectivity index (χ3v) is 2.20. The largest absolute Gasteiger partial charge is 0.198 e. The lowest BCUT2D eigenvalue weighted by atomic mass is 9.95. The second-order valence-electron chi connectivity index (χ2n) is 3.23. The van der Waals surface area contributed by atoms with E-state index in [4.69, 9.17) is 5.26 Å². The topological polar surface area (TPSA) is 23.8 Å². The average molecular weight is 173 g/mol. The summed E-state index contributed by atoms with van der Waals surface area (Å²) in [6.45, 7) is 2.15. The zero-order valence-corrected chi connectivity index (χ0v) is 8.03. The standard InChI is InChI=1S/C12H15N/c1-2-3-7-12(10-13)11-8-5-4-6-9-11/h4-6,8-9,12H,2-3,7H2,1H3. The maximum absolute atomic E-state index is 8.96. The van der Waals surface area contributed by atoms with Crippen LogP contribution in [0.25, 0.3) is 0 Å². The molecule has 1 aromatic carbocycles. The van der Waals surface area contributed by atoms with Crippen LogP contribution in [0.3, 0.4) is 0 Å². The molecular weight excluding hydrogens is 158 g/mol. The molecule has 1 heteroatoms. The van der Waals surface area contributed by atoms with Gasteiger partial charge in [-0.05, 0) is 12.0 Å². The molecule has 1 rings (SSSR count). The van der Waals surface area contributed by atoms with E-state index in [0.717, 1.165) is 24.8 Å². The van der Waals surface area contributed by atoms with Crippen molar-refractivity contribution in [1.82, 2.24) is 0 Å². The summed E-state index contributed by atoms with van der Waals surface area (Å²) in [7, 11) is 0. The first-order valence-electron chi connectivity index (χ1n) is 4.83. The van der Waals surface area contributed by atoms with E-state index < -0.39 is 0 Å². The maximum Gasteiger partial charge on any atom is 0.0712 e. The van der Waals surface area contributed by atoms with Gasteiger partial charge in [-0.2, -0.15) is 5.26 Å². The number of hydrogen-bond acceptors (Lipinski definition) is 1. The summed E-state index contributed by atoms with van der Waals surface area (Å²) in [5.74, 6) is 0.0844. The van der Waals surface area contributed by atoms with Gasteiger partial charge in [0, 0.05) is 0 Å². The minimum atomic E-state index is 0.0844. The first kappa shape index (κ1) is 9.80. The molecule has 0 aromatic heterocycles. The summed E-state index contributed by atoms with van der Waals surface area (Å²) < 4.78 is 0. The SMILES string of the molecule is CCCCC(C#N)c1ccccc1. The van der Waals surface area contributed by atoms with Gasteiger partial charge in [0.2, 0.25) is 0 Å². The Balaban J connectivity index is 2.63. The van der Waals surface area contributed by atoms with Gasteiger partial charge in [-0.25, -0.2) is 0 Å². The average Bonchev–Trinajstić information content (AvgIpc) is 2.21. The van der Waals surface area contributed by atoms with Crippen molar-refractivity contribution in [2.45, 2.75) is 32.1 Å². The zero-order chi connectivity index (χ0) is 9.52. The van der Waals surface area contributed by atoms with Crippen LogP contribution in [0.4, 0.5) is 0 Å². The van der Waals surface area contributed by atoms with Crippen LogP contribution in [0.15, 0.2) is 30.3 Å². The molecule has 0 amide bonds. The van der Waals surface area contributed by atoms with Gasteiger partial charge in [0.15, 0.2) is 0 Å². The van der Waals surface area contributed by atoms with E-state index in [1.807, 2.05) is 30.3 Å². The van der Waals surface area contributed by atoms with Crippen molar-refractivity contribution < 1.29 is 0 Å². The van der Waals surface area contributed by atoms with E-state index in [1.165, 1.54) is 0 Å². The monoisotopic (exact) mass is 173 g/mol. The fraction of sp³-hybridized carbons (Fsp3) is 0.417. The van der Waals surface area contributed by atoms with E-state index in [2.05, 4.69) is 13.0 Å². The van der Waals surface area contributed by atoms with Gasteiger partial charge < -0.3 is 0 Å². The molecule has 0 radical (unpaired) electrons. The third kappa shape index (κ3) is 2.91. The van der Waals surface area contributed by atoms with Gasteiger partial charge in [0.25, 0.3) is 0 Å². The number of rotatable bonds is 4. The lowest BCUT2D eigenvalue weighted by molar-refractivity contribution is 0.671. The lowest BCUT2D eigenvalue weighted by Crippen LogP contribution is -1.94. The highest BCUT2D eigenvalue weighted by atomic mass is 14.3. The highest BCUT2D eigenvalue weighted by Gasteiger charge is 2.07. The predicted octanol–water partition coefficient (Wildman–Crippen LogP) is 3.48. The van der Waals surface area contributed by atoms with Crippen molar-refractivity contribution in [3.63, 3.8) is 0 Å². The normalized spacial score (nSPS) is 12.0. The lowest BCUT2D eigenvalue weighted by Gasteiger charge is -2.07.